The molecule has 0 bridgehead atoms. The number of hydrogen-bond acceptors (Lipinski definition) is 5. The largest absolute Gasteiger partial charge is 0.350 e. The summed E-state index contributed by atoms with van der Waals surface area (Å²) < 4.78 is 41.3. The van der Waals surface area contributed by atoms with Crippen LogP contribution in [0.25, 0.3) is 0 Å². The van der Waals surface area contributed by atoms with Crippen molar-refractivity contribution in [2.75, 3.05) is 19.6 Å². The van der Waals surface area contributed by atoms with Crippen LogP contribution in [-0.4, -0.2) is 44.2 Å². The summed E-state index contributed by atoms with van der Waals surface area (Å²) in [6.07, 6.45) is 0.672. The Labute approximate surface area is 195 Å². The Morgan fingerprint density at radius 1 is 1.00 bits per heavy atom. The van der Waals surface area contributed by atoms with Crippen LogP contribution < -0.4 is 10.6 Å². The Balaban J connectivity index is 1.35. The van der Waals surface area contributed by atoms with E-state index >= 15 is 0 Å². The van der Waals surface area contributed by atoms with Gasteiger partial charge in [0, 0.05) is 36.6 Å². The molecule has 1 aliphatic heterocycles. The SMILES string of the molecule is O=C(NCCNC(=O)c1ccccc1F)c1cccc(S(=O)(=O)N2CCc3sccc3C2)c1. The summed E-state index contributed by atoms with van der Waals surface area (Å²) >= 11 is 1.63. The lowest BCUT2D eigenvalue weighted by molar-refractivity contribution is 0.0925. The normalized spacial score (nSPS) is 13.8. The van der Waals surface area contributed by atoms with Crippen LogP contribution >= 0.6 is 11.3 Å². The summed E-state index contributed by atoms with van der Waals surface area (Å²) in [7, 11) is -3.74. The van der Waals surface area contributed by atoms with Crippen molar-refractivity contribution in [2.24, 2.45) is 0 Å². The van der Waals surface area contributed by atoms with Crippen LogP contribution in [0, 0.1) is 5.82 Å². The van der Waals surface area contributed by atoms with Crippen molar-refractivity contribution in [2.45, 2.75) is 17.9 Å². The molecule has 0 radical (unpaired) electrons. The zero-order valence-corrected chi connectivity index (χ0v) is 19.2. The van der Waals surface area contributed by atoms with E-state index in [9.17, 15) is 22.4 Å². The third-order valence-electron chi connectivity index (χ3n) is 5.32. The first-order chi connectivity index (χ1) is 15.9. The van der Waals surface area contributed by atoms with Gasteiger partial charge in [-0.3, -0.25) is 9.59 Å². The molecule has 0 aliphatic carbocycles. The summed E-state index contributed by atoms with van der Waals surface area (Å²) in [6.45, 7) is 0.907. The number of hydrogen-bond donors (Lipinski definition) is 2. The van der Waals surface area contributed by atoms with Crippen LogP contribution in [0.1, 0.15) is 31.2 Å². The fraction of sp³-hybridized carbons (Fsp3) is 0.217. The van der Waals surface area contributed by atoms with Crippen LogP contribution in [0.5, 0.6) is 0 Å². The molecular formula is C23H22FN3O4S2. The van der Waals surface area contributed by atoms with E-state index in [0.29, 0.717) is 19.5 Å². The molecule has 10 heteroatoms. The van der Waals surface area contributed by atoms with Crippen molar-refractivity contribution >= 4 is 33.2 Å². The van der Waals surface area contributed by atoms with Crippen molar-refractivity contribution in [3.8, 4) is 0 Å². The number of amides is 2. The highest BCUT2D eigenvalue weighted by Crippen LogP contribution is 2.28. The lowest BCUT2D eigenvalue weighted by Gasteiger charge is -2.26. The fourth-order valence-electron chi connectivity index (χ4n) is 3.57. The third kappa shape index (κ3) is 5.13. The molecular weight excluding hydrogens is 465 g/mol. The quantitative estimate of drug-likeness (QED) is 0.501. The van der Waals surface area contributed by atoms with Gasteiger partial charge in [0.2, 0.25) is 10.0 Å². The van der Waals surface area contributed by atoms with Gasteiger partial charge in [0.05, 0.1) is 10.5 Å². The van der Waals surface area contributed by atoms with Gasteiger partial charge >= 0.3 is 0 Å². The molecule has 172 valence electrons. The maximum absolute atomic E-state index is 13.6. The maximum Gasteiger partial charge on any atom is 0.254 e. The summed E-state index contributed by atoms with van der Waals surface area (Å²) in [5.41, 5.74) is 1.14. The first kappa shape index (κ1) is 23.1. The Morgan fingerprint density at radius 2 is 1.76 bits per heavy atom. The van der Waals surface area contributed by atoms with Crippen molar-refractivity contribution in [1.29, 1.82) is 0 Å². The smallest absolute Gasteiger partial charge is 0.254 e. The summed E-state index contributed by atoms with van der Waals surface area (Å²) in [4.78, 5) is 25.8. The van der Waals surface area contributed by atoms with Crippen molar-refractivity contribution in [1.82, 2.24) is 14.9 Å². The number of halogens is 1. The van der Waals surface area contributed by atoms with Crippen molar-refractivity contribution < 1.29 is 22.4 Å². The molecule has 0 fully saturated rings. The van der Waals surface area contributed by atoms with Crippen LogP contribution in [-0.2, 0) is 23.0 Å². The van der Waals surface area contributed by atoms with Gasteiger partial charge < -0.3 is 10.6 Å². The minimum Gasteiger partial charge on any atom is -0.350 e. The van der Waals surface area contributed by atoms with E-state index in [0.717, 1.165) is 5.56 Å². The molecule has 0 atom stereocenters. The van der Waals surface area contributed by atoms with E-state index in [2.05, 4.69) is 10.6 Å². The number of benzene rings is 2. The van der Waals surface area contributed by atoms with Gasteiger partial charge in [-0.2, -0.15) is 4.31 Å². The predicted octanol–water partition coefficient (Wildman–Crippen LogP) is 2.79. The number of sulfonamides is 1. The number of carbonyl (C=O) groups is 2. The number of rotatable bonds is 7. The highest BCUT2D eigenvalue weighted by Gasteiger charge is 2.29. The van der Waals surface area contributed by atoms with Crippen LogP contribution in [0.15, 0.2) is 64.9 Å². The molecule has 0 saturated heterocycles. The number of nitrogens with zero attached hydrogens (tertiary/aromatic N) is 1. The predicted molar refractivity (Wildman–Crippen MR) is 123 cm³/mol. The molecule has 3 aromatic rings. The monoisotopic (exact) mass is 487 g/mol. The molecule has 0 spiro atoms. The molecule has 4 rings (SSSR count). The molecule has 33 heavy (non-hydrogen) atoms. The van der Waals surface area contributed by atoms with Gasteiger partial charge in [-0.1, -0.05) is 18.2 Å². The maximum atomic E-state index is 13.6. The first-order valence-electron chi connectivity index (χ1n) is 10.3. The number of carbonyl (C=O) groups excluding carboxylic acids is 2. The van der Waals surface area contributed by atoms with Gasteiger partial charge in [0.15, 0.2) is 0 Å². The summed E-state index contributed by atoms with van der Waals surface area (Å²) in [5.74, 6) is -1.67. The second-order valence-electron chi connectivity index (χ2n) is 7.48. The van der Waals surface area contributed by atoms with Gasteiger partial charge in [-0.05, 0) is 53.8 Å². The van der Waals surface area contributed by atoms with E-state index in [1.165, 1.54) is 51.6 Å². The molecule has 1 aliphatic rings. The van der Waals surface area contributed by atoms with Crippen LogP contribution in [0.2, 0.25) is 0 Å². The van der Waals surface area contributed by atoms with Gasteiger partial charge in [-0.25, -0.2) is 12.8 Å². The number of nitrogens with one attached hydrogen (secondary N) is 2. The second kappa shape index (κ2) is 9.82. The second-order valence-corrected chi connectivity index (χ2v) is 10.4. The van der Waals surface area contributed by atoms with E-state index < -0.39 is 27.7 Å². The van der Waals surface area contributed by atoms with E-state index in [1.54, 1.807) is 17.4 Å². The molecule has 7 nitrogen and oxygen atoms in total. The van der Waals surface area contributed by atoms with Crippen LogP contribution in [0.4, 0.5) is 4.39 Å². The van der Waals surface area contributed by atoms with Gasteiger partial charge in [0.25, 0.3) is 11.8 Å². The molecule has 0 unspecified atom stereocenters. The zero-order valence-electron chi connectivity index (χ0n) is 17.6. The highest BCUT2D eigenvalue weighted by molar-refractivity contribution is 7.89. The highest BCUT2D eigenvalue weighted by atomic mass is 32.2. The molecule has 2 heterocycles. The van der Waals surface area contributed by atoms with E-state index in [4.69, 9.17) is 0 Å². The van der Waals surface area contributed by atoms with Crippen LogP contribution in [0.3, 0.4) is 0 Å². The van der Waals surface area contributed by atoms with Gasteiger partial charge in [0.1, 0.15) is 5.82 Å². The third-order valence-corrected chi connectivity index (χ3v) is 8.19. The lowest BCUT2D eigenvalue weighted by atomic mass is 10.1. The summed E-state index contributed by atoms with van der Waals surface area (Å²) in [5, 5.41) is 7.13. The lowest BCUT2D eigenvalue weighted by Crippen LogP contribution is -2.36. The Bertz CT molecular complexity index is 1290. The van der Waals surface area contributed by atoms with E-state index in [-0.39, 0.29) is 29.1 Å². The van der Waals surface area contributed by atoms with Crippen molar-refractivity contribution in [3.63, 3.8) is 0 Å². The molecule has 1 aromatic heterocycles. The standard InChI is InChI=1S/C23H22FN3O4S2/c24-20-7-2-1-6-19(20)23(29)26-11-10-25-22(28)16-4-3-5-18(14-16)33(30,31)27-12-8-21-17(15-27)9-13-32-21/h1-7,9,13-14H,8,10-12,15H2,(H,25,28)(H,26,29). The first-order valence-corrected chi connectivity index (χ1v) is 12.6. The fourth-order valence-corrected chi connectivity index (χ4v) is 5.92. The molecule has 2 amide bonds. The zero-order chi connectivity index (χ0) is 23.4. The Hall–Kier alpha value is -3.08. The molecule has 2 N–H and O–H groups in total. The average Bonchev–Trinajstić information content (AvgIpc) is 3.30. The number of thiophene rings is 1. The van der Waals surface area contributed by atoms with Crippen molar-refractivity contribution in [3.05, 3.63) is 87.4 Å². The summed E-state index contributed by atoms with van der Waals surface area (Å²) in [6, 6.07) is 13.4. The Kier molecular flexibility index (Phi) is 6.87. The topological polar surface area (TPSA) is 95.6 Å². The molecule has 2 aromatic carbocycles. The van der Waals surface area contributed by atoms with E-state index in [1.807, 2.05) is 11.4 Å². The van der Waals surface area contributed by atoms with Gasteiger partial charge in [-0.15, -0.1) is 11.3 Å². The average molecular weight is 488 g/mol. The minimum absolute atomic E-state index is 0.0571. The number of fused-ring (bicyclic) bond motifs is 1. The molecule has 0 saturated carbocycles. The minimum atomic E-state index is -3.74. The Morgan fingerprint density at radius 3 is 2.55 bits per heavy atom.